The van der Waals surface area contributed by atoms with E-state index in [0.29, 0.717) is 31.5 Å². The molecule has 0 aromatic carbocycles. The fraction of sp³-hybridized carbons (Fsp3) is 0.739. The van der Waals surface area contributed by atoms with Crippen LogP contribution in [0.25, 0.3) is 0 Å². The molecule has 9 heteroatoms. The fourth-order valence-corrected chi connectivity index (χ4v) is 4.81. The van der Waals surface area contributed by atoms with Crippen molar-refractivity contribution < 1.29 is 14.3 Å². The summed E-state index contributed by atoms with van der Waals surface area (Å²) in [5, 5.41) is 9.52. The van der Waals surface area contributed by atoms with Gasteiger partial charge in [-0.2, -0.15) is 15.2 Å². The molecule has 0 N–H and O–H groups in total. The van der Waals surface area contributed by atoms with Gasteiger partial charge in [-0.3, -0.25) is 9.80 Å². The Kier molecular flexibility index (Phi) is 5.93. The minimum absolute atomic E-state index is 0.0666. The Morgan fingerprint density at radius 2 is 2.03 bits per heavy atom. The van der Waals surface area contributed by atoms with E-state index in [1.165, 1.54) is 0 Å². The number of likely N-dealkylation sites (N-methyl/N-ethyl adjacent to an activating group) is 1. The lowest BCUT2D eigenvalue weighted by molar-refractivity contribution is 0.0106. The maximum atomic E-state index is 12.7. The summed E-state index contributed by atoms with van der Waals surface area (Å²) in [7, 11) is 2.11. The van der Waals surface area contributed by atoms with Crippen molar-refractivity contribution in [3.8, 4) is 12.1 Å². The summed E-state index contributed by atoms with van der Waals surface area (Å²) < 4.78 is 11.7. The minimum Gasteiger partial charge on any atom is -0.459 e. The highest BCUT2D eigenvalue weighted by Crippen LogP contribution is 2.45. The number of aromatic nitrogens is 2. The number of likely N-dealkylation sites (tertiary alicyclic amines) is 1. The van der Waals surface area contributed by atoms with Gasteiger partial charge in [-0.15, -0.1) is 0 Å². The molecule has 4 rings (SSSR count). The van der Waals surface area contributed by atoms with Crippen LogP contribution in [-0.2, 0) is 4.74 Å². The smallest absolute Gasteiger partial charge is 0.410 e. The first-order valence-corrected chi connectivity index (χ1v) is 11.5. The van der Waals surface area contributed by atoms with Crippen LogP contribution in [-0.4, -0.2) is 82.4 Å². The van der Waals surface area contributed by atoms with Gasteiger partial charge >= 0.3 is 12.1 Å². The number of ether oxygens (including phenoxy) is 2. The summed E-state index contributed by atoms with van der Waals surface area (Å²) >= 11 is 0. The molecule has 3 aliphatic rings. The van der Waals surface area contributed by atoms with Crippen molar-refractivity contribution in [3.63, 3.8) is 0 Å². The van der Waals surface area contributed by atoms with E-state index in [9.17, 15) is 10.1 Å². The molecule has 32 heavy (non-hydrogen) atoms. The molecule has 1 aliphatic carbocycles. The lowest BCUT2D eigenvalue weighted by Gasteiger charge is -2.42. The summed E-state index contributed by atoms with van der Waals surface area (Å²) in [5.74, 6) is 0.675. The predicted octanol–water partition coefficient (Wildman–Crippen LogP) is 2.80. The van der Waals surface area contributed by atoms with Crippen molar-refractivity contribution in [3.05, 3.63) is 11.8 Å². The topological polar surface area (TPSA) is 94.8 Å². The second-order valence-electron chi connectivity index (χ2n) is 10.3. The van der Waals surface area contributed by atoms with Crippen LogP contribution in [0.3, 0.4) is 0 Å². The van der Waals surface area contributed by atoms with Crippen LogP contribution in [0.1, 0.15) is 59.1 Å². The van der Waals surface area contributed by atoms with E-state index in [4.69, 9.17) is 9.47 Å². The normalized spacial score (nSPS) is 23.7. The average molecular weight is 443 g/mol. The average Bonchev–Trinajstić information content (AvgIpc) is 3.33. The number of carbonyl (C=O) groups excluding carboxylic acids is 1. The molecule has 0 bridgehead atoms. The van der Waals surface area contributed by atoms with Crippen LogP contribution in [0.2, 0.25) is 0 Å². The van der Waals surface area contributed by atoms with Gasteiger partial charge in [0.05, 0.1) is 5.54 Å². The van der Waals surface area contributed by atoms with Gasteiger partial charge in [-0.25, -0.2) is 4.79 Å². The van der Waals surface area contributed by atoms with E-state index < -0.39 is 5.60 Å². The second-order valence-corrected chi connectivity index (χ2v) is 10.3. The van der Waals surface area contributed by atoms with E-state index in [-0.39, 0.29) is 29.4 Å². The number of nitriles is 1. The highest BCUT2D eigenvalue weighted by Gasteiger charge is 2.54. The van der Waals surface area contributed by atoms with Gasteiger partial charge < -0.3 is 14.4 Å². The molecule has 2 atom stereocenters. The monoisotopic (exact) mass is 442 g/mol. The van der Waals surface area contributed by atoms with Crippen molar-refractivity contribution >= 4 is 11.9 Å². The molecule has 1 saturated carbocycles. The summed E-state index contributed by atoms with van der Waals surface area (Å²) in [6, 6.07) is 4.40. The molecule has 3 fully saturated rings. The molecule has 3 heterocycles. The summed E-state index contributed by atoms with van der Waals surface area (Å²) in [4.78, 5) is 28.0. The first-order chi connectivity index (χ1) is 15.1. The zero-order valence-corrected chi connectivity index (χ0v) is 19.8. The van der Waals surface area contributed by atoms with E-state index in [0.717, 1.165) is 32.2 Å². The number of anilines is 1. The standard InChI is InChI=1S/C23H34N6O3/c1-16(18-7-6-10-27(18)5)31-20-25-17(14-24)13-19(26-20)28-11-12-29(23(15-28)8-9-23)21(30)32-22(2,3)4/h13,16,18H,6-12,15H2,1-5H3/t16-,18-/m0/s1. The van der Waals surface area contributed by atoms with E-state index >= 15 is 0 Å². The quantitative estimate of drug-likeness (QED) is 0.703. The SMILES string of the molecule is C[C@H](Oc1nc(C#N)cc(N2CCN(C(=O)OC(C)(C)C)C3(CC3)C2)n1)[C@@H]1CCCN1C. The minimum atomic E-state index is -0.519. The van der Waals surface area contributed by atoms with Crippen LogP contribution in [0, 0.1) is 11.3 Å². The second kappa shape index (κ2) is 8.39. The number of nitrogens with zero attached hydrogens (tertiary/aromatic N) is 6. The molecule has 2 saturated heterocycles. The Morgan fingerprint density at radius 1 is 1.28 bits per heavy atom. The third-order valence-electron chi connectivity index (χ3n) is 6.63. The zero-order chi connectivity index (χ0) is 23.1. The third kappa shape index (κ3) is 4.75. The van der Waals surface area contributed by atoms with Gasteiger partial charge in [-0.05, 0) is 67.0 Å². The number of rotatable bonds is 4. The number of hydrogen-bond donors (Lipinski definition) is 0. The van der Waals surface area contributed by atoms with Crippen molar-refractivity contribution in [1.82, 2.24) is 19.8 Å². The molecular formula is C23H34N6O3. The molecule has 1 aromatic heterocycles. The molecule has 0 unspecified atom stereocenters. The number of amides is 1. The van der Waals surface area contributed by atoms with Gasteiger partial charge in [0.1, 0.15) is 29.3 Å². The van der Waals surface area contributed by atoms with Crippen LogP contribution >= 0.6 is 0 Å². The molecule has 174 valence electrons. The van der Waals surface area contributed by atoms with Gasteiger partial charge in [0.15, 0.2) is 0 Å². The Morgan fingerprint density at radius 3 is 2.62 bits per heavy atom. The molecule has 2 aliphatic heterocycles. The van der Waals surface area contributed by atoms with Gasteiger partial charge in [0.2, 0.25) is 0 Å². The van der Waals surface area contributed by atoms with Crippen LogP contribution in [0.5, 0.6) is 6.01 Å². The van der Waals surface area contributed by atoms with Gasteiger partial charge in [0.25, 0.3) is 0 Å². The van der Waals surface area contributed by atoms with Gasteiger partial charge in [0, 0.05) is 31.7 Å². The van der Waals surface area contributed by atoms with Crippen LogP contribution in [0.4, 0.5) is 10.6 Å². The molecule has 0 radical (unpaired) electrons. The van der Waals surface area contributed by atoms with Crippen molar-refractivity contribution in [2.75, 3.05) is 38.1 Å². The maximum absolute atomic E-state index is 12.7. The lowest BCUT2D eigenvalue weighted by Crippen LogP contribution is -2.58. The van der Waals surface area contributed by atoms with E-state index in [1.807, 2.05) is 32.6 Å². The summed E-state index contributed by atoms with van der Waals surface area (Å²) in [6.07, 6.45) is 3.79. The molecule has 1 spiro atoms. The Labute approximate surface area is 190 Å². The first-order valence-electron chi connectivity index (χ1n) is 11.5. The van der Waals surface area contributed by atoms with Crippen molar-refractivity contribution in [1.29, 1.82) is 5.26 Å². The molecular weight excluding hydrogens is 408 g/mol. The van der Waals surface area contributed by atoms with Crippen molar-refractivity contribution in [2.45, 2.75) is 76.7 Å². The number of piperazine rings is 1. The van der Waals surface area contributed by atoms with Gasteiger partial charge in [-0.1, -0.05) is 0 Å². The highest BCUT2D eigenvalue weighted by molar-refractivity contribution is 5.71. The van der Waals surface area contributed by atoms with Crippen LogP contribution in [0.15, 0.2) is 6.07 Å². The Balaban J connectivity index is 1.49. The summed E-state index contributed by atoms with van der Waals surface area (Å²) in [5.41, 5.74) is -0.454. The third-order valence-corrected chi connectivity index (χ3v) is 6.63. The number of hydrogen-bond acceptors (Lipinski definition) is 8. The predicted molar refractivity (Wildman–Crippen MR) is 120 cm³/mol. The molecule has 1 amide bonds. The zero-order valence-electron chi connectivity index (χ0n) is 19.8. The fourth-order valence-electron chi connectivity index (χ4n) is 4.81. The van der Waals surface area contributed by atoms with E-state index in [2.05, 4.69) is 32.9 Å². The largest absolute Gasteiger partial charge is 0.459 e. The molecule has 1 aromatic rings. The Hall–Kier alpha value is -2.60. The number of carbonyl (C=O) groups is 1. The summed E-state index contributed by atoms with van der Waals surface area (Å²) in [6.45, 7) is 10.6. The van der Waals surface area contributed by atoms with Crippen LogP contribution < -0.4 is 9.64 Å². The lowest BCUT2D eigenvalue weighted by atomic mass is 10.1. The van der Waals surface area contributed by atoms with Crippen molar-refractivity contribution in [2.24, 2.45) is 0 Å². The first kappa shape index (κ1) is 22.6. The molecule has 9 nitrogen and oxygen atoms in total. The maximum Gasteiger partial charge on any atom is 0.410 e. The Bertz CT molecular complexity index is 904. The van der Waals surface area contributed by atoms with E-state index in [1.54, 1.807) is 6.07 Å². The highest BCUT2D eigenvalue weighted by atomic mass is 16.6.